The fraction of sp³-hybridized carbons (Fsp3) is 0.0588. The second-order valence-corrected chi connectivity index (χ2v) is 5.85. The van der Waals surface area contributed by atoms with E-state index in [1.54, 1.807) is 13.0 Å². The van der Waals surface area contributed by atoms with Crippen molar-refractivity contribution in [1.82, 2.24) is 5.16 Å². The largest absolute Gasteiger partial charge is 0.360 e. The molecule has 1 heterocycles. The van der Waals surface area contributed by atoms with Gasteiger partial charge in [-0.3, -0.25) is 4.79 Å². The van der Waals surface area contributed by atoms with E-state index in [0.29, 0.717) is 22.7 Å². The molecule has 0 bridgehead atoms. The number of nitrogens with one attached hydrogen (secondary N) is 1. The summed E-state index contributed by atoms with van der Waals surface area (Å²) in [4.78, 5) is 12.5. The van der Waals surface area contributed by atoms with Gasteiger partial charge in [-0.2, -0.15) is 0 Å². The van der Waals surface area contributed by atoms with Crippen molar-refractivity contribution in [3.63, 3.8) is 0 Å². The lowest BCUT2D eigenvalue weighted by atomic mass is 10.1. The topological polar surface area (TPSA) is 55.1 Å². The maximum atomic E-state index is 13.2. The highest BCUT2D eigenvalue weighted by Crippen LogP contribution is 2.28. The molecule has 3 rings (SSSR count). The summed E-state index contributed by atoms with van der Waals surface area (Å²) in [7, 11) is 0. The summed E-state index contributed by atoms with van der Waals surface area (Å²) < 4.78 is 19.3. The summed E-state index contributed by atoms with van der Waals surface area (Å²) >= 11 is 3.39. The summed E-state index contributed by atoms with van der Waals surface area (Å²) in [5.41, 5.74) is 1.89. The molecule has 6 heteroatoms. The molecule has 0 spiro atoms. The van der Waals surface area contributed by atoms with Crippen molar-refractivity contribution in [2.45, 2.75) is 6.92 Å². The van der Waals surface area contributed by atoms with Crippen LogP contribution in [-0.4, -0.2) is 11.1 Å². The molecule has 0 fully saturated rings. The first-order valence-corrected chi connectivity index (χ1v) is 7.63. The molecule has 23 heavy (non-hydrogen) atoms. The number of hydrogen-bond acceptors (Lipinski definition) is 3. The average Bonchev–Trinajstić information content (AvgIpc) is 2.89. The van der Waals surface area contributed by atoms with Gasteiger partial charge in [-0.05, 0) is 37.3 Å². The molecular weight excluding hydrogens is 363 g/mol. The van der Waals surface area contributed by atoms with Gasteiger partial charge in [0.15, 0.2) is 0 Å². The Hall–Kier alpha value is -2.47. The smallest absolute Gasteiger partial charge is 0.261 e. The van der Waals surface area contributed by atoms with Crippen LogP contribution in [0.25, 0.3) is 11.3 Å². The first kappa shape index (κ1) is 15.4. The fourth-order valence-corrected chi connectivity index (χ4v) is 2.63. The lowest BCUT2D eigenvalue weighted by molar-refractivity contribution is 0.102. The zero-order valence-electron chi connectivity index (χ0n) is 12.1. The molecule has 0 radical (unpaired) electrons. The summed E-state index contributed by atoms with van der Waals surface area (Å²) in [6.45, 7) is 1.66. The number of rotatable bonds is 3. The van der Waals surface area contributed by atoms with Crippen molar-refractivity contribution in [2.75, 3.05) is 5.32 Å². The van der Waals surface area contributed by atoms with Crippen molar-refractivity contribution in [1.29, 1.82) is 0 Å². The molecule has 3 aromatic rings. The van der Waals surface area contributed by atoms with Crippen LogP contribution in [0.4, 0.5) is 10.1 Å². The van der Waals surface area contributed by atoms with Gasteiger partial charge < -0.3 is 9.84 Å². The first-order valence-electron chi connectivity index (χ1n) is 6.84. The Kier molecular flexibility index (Phi) is 4.25. The van der Waals surface area contributed by atoms with E-state index in [1.807, 2.05) is 24.3 Å². The minimum absolute atomic E-state index is 0.326. The quantitative estimate of drug-likeness (QED) is 0.715. The Bertz CT molecular complexity index is 877. The first-order chi connectivity index (χ1) is 11.0. The van der Waals surface area contributed by atoms with Gasteiger partial charge in [0, 0.05) is 15.7 Å². The van der Waals surface area contributed by atoms with E-state index in [0.717, 1.165) is 10.0 Å². The molecule has 2 aromatic carbocycles. The third-order valence-corrected chi connectivity index (χ3v) is 3.76. The minimum Gasteiger partial charge on any atom is -0.360 e. The molecule has 1 amide bonds. The number of halogens is 2. The minimum atomic E-state index is -0.419. The van der Waals surface area contributed by atoms with Crippen molar-refractivity contribution < 1.29 is 13.7 Å². The number of benzene rings is 2. The molecule has 0 saturated carbocycles. The number of amides is 1. The highest BCUT2D eigenvalue weighted by molar-refractivity contribution is 9.10. The molecule has 0 aliphatic heterocycles. The number of aryl methyl sites for hydroxylation is 1. The van der Waals surface area contributed by atoms with E-state index in [-0.39, 0.29) is 0 Å². The Labute approximate surface area is 140 Å². The van der Waals surface area contributed by atoms with Crippen LogP contribution in [0, 0.1) is 12.7 Å². The summed E-state index contributed by atoms with van der Waals surface area (Å²) in [6, 6.07) is 13.1. The number of carbonyl (C=O) groups is 1. The maximum absolute atomic E-state index is 13.2. The van der Waals surface area contributed by atoms with E-state index < -0.39 is 11.7 Å². The van der Waals surface area contributed by atoms with Crippen molar-refractivity contribution in [2.24, 2.45) is 0 Å². The number of hydrogen-bond donors (Lipinski definition) is 1. The van der Waals surface area contributed by atoms with Crippen LogP contribution in [0.5, 0.6) is 0 Å². The Morgan fingerprint density at radius 2 is 2.00 bits per heavy atom. The van der Waals surface area contributed by atoms with Gasteiger partial charge in [0.2, 0.25) is 0 Å². The normalized spacial score (nSPS) is 10.6. The van der Waals surface area contributed by atoms with Gasteiger partial charge in [0.25, 0.3) is 5.91 Å². The zero-order valence-corrected chi connectivity index (χ0v) is 13.7. The molecule has 0 unspecified atom stereocenters. The number of aromatic nitrogens is 1. The molecule has 0 saturated heterocycles. The van der Waals surface area contributed by atoms with Crippen molar-refractivity contribution in [3.05, 3.63) is 70.1 Å². The predicted octanol–water partition coefficient (Wildman–Crippen LogP) is 4.80. The highest BCUT2D eigenvalue weighted by atomic mass is 79.9. The monoisotopic (exact) mass is 374 g/mol. The average molecular weight is 375 g/mol. The summed E-state index contributed by atoms with van der Waals surface area (Å²) in [6.07, 6.45) is 0. The Morgan fingerprint density at radius 1 is 1.22 bits per heavy atom. The van der Waals surface area contributed by atoms with Gasteiger partial charge in [0.05, 0.1) is 0 Å². The predicted molar refractivity (Wildman–Crippen MR) is 88.7 cm³/mol. The number of anilines is 1. The zero-order chi connectivity index (χ0) is 16.4. The molecular formula is C17H12BrFN2O2. The SMILES string of the molecule is Cc1onc(-c2cccc(Br)c2)c1C(=O)Nc1cccc(F)c1. The van der Waals surface area contributed by atoms with Crippen LogP contribution in [0.1, 0.15) is 16.1 Å². The van der Waals surface area contributed by atoms with Gasteiger partial charge in [-0.15, -0.1) is 0 Å². The van der Waals surface area contributed by atoms with E-state index in [1.165, 1.54) is 18.2 Å². The van der Waals surface area contributed by atoms with E-state index in [2.05, 4.69) is 26.4 Å². The molecule has 0 aliphatic carbocycles. The lowest BCUT2D eigenvalue weighted by Gasteiger charge is -2.06. The van der Waals surface area contributed by atoms with Crippen molar-refractivity contribution >= 4 is 27.5 Å². The molecule has 0 atom stereocenters. The van der Waals surface area contributed by atoms with Crippen LogP contribution in [0.2, 0.25) is 0 Å². The Balaban J connectivity index is 1.96. The van der Waals surface area contributed by atoms with Gasteiger partial charge >= 0.3 is 0 Å². The standard InChI is InChI=1S/C17H12BrFN2O2/c1-10-15(17(22)20-14-7-3-6-13(19)9-14)16(21-23-10)11-4-2-5-12(18)8-11/h2-9H,1H3,(H,20,22). The van der Waals surface area contributed by atoms with Gasteiger partial charge in [-0.25, -0.2) is 4.39 Å². The van der Waals surface area contributed by atoms with Gasteiger partial charge in [-0.1, -0.05) is 39.3 Å². The van der Waals surface area contributed by atoms with Crippen LogP contribution in [-0.2, 0) is 0 Å². The van der Waals surface area contributed by atoms with Crippen LogP contribution in [0.3, 0.4) is 0 Å². The highest BCUT2D eigenvalue weighted by Gasteiger charge is 2.22. The molecule has 1 N–H and O–H groups in total. The molecule has 4 nitrogen and oxygen atoms in total. The maximum Gasteiger partial charge on any atom is 0.261 e. The van der Waals surface area contributed by atoms with E-state index >= 15 is 0 Å². The third kappa shape index (κ3) is 3.32. The van der Waals surface area contributed by atoms with E-state index in [4.69, 9.17) is 4.52 Å². The van der Waals surface area contributed by atoms with E-state index in [9.17, 15) is 9.18 Å². The molecule has 1 aromatic heterocycles. The number of nitrogens with zero attached hydrogens (tertiary/aromatic N) is 1. The van der Waals surface area contributed by atoms with Crippen LogP contribution < -0.4 is 5.32 Å². The summed E-state index contributed by atoms with van der Waals surface area (Å²) in [5, 5.41) is 6.64. The van der Waals surface area contributed by atoms with Crippen molar-refractivity contribution in [3.8, 4) is 11.3 Å². The number of carbonyl (C=O) groups excluding carboxylic acids is 1. The fourth-order valence-electron chi connectivity index (χ4n) is 2.23. The van der Waals surface area contributed by atoms with Crippen LogP contribution >= 0.6 is 15.9 Å². The lowest BCUT2D eigenvalue weighted by Crippen LogP contribution is -2.13. The summed E-state index contributed by atoms with van der Waals surface area (Å²) in [5.74, 6) is -0.421. The molecule has 116 valence electrons. The van der Waals surface area contributed by atoms with Crippen LogP contribution in [0.15, 0.2) is 57.5 Å². The Morgan fingerprint density at radius 3 is 2.74 bits per heavy atom. The van der Waals surface area contributed by atoms with Gasteiger partial charge in [0.1, 0.15) is 22.8 Å². The molecule has 0 aliphatic rings. The third-order valence-electron chi connectivity index (χ3n) is 3.27. The second kappa shape index (κ2) is 6.34. The second-order valence-electron chi connectivity index (χ2n) is 4.94.